The van der Waals surface area contributed by atoms with Crippen LogP contribution in [0.15, 0.2) is 72.8 Å². The number of benzene rings is 3. The Balaban J connectivity index is 1.42. The van der Waals surface area contributed by atoms with E-state index in [-0.39, 0.29) is 44.0 Å². The lowest BCUT2D eigenvalue weighted by molar-refractivity contribution is -0.384. The average Bonchev–Trinajstić information content (AvgIpc) is 3.34. The Labute approximate surface area is 272 Å². The number of hydrogen-bond acceptors (Lipinski definition) is 8. The highest BCUT2D eigenvalue weighted by Crippen LogP contribution is 2.44. The van der Waals surface area contributed by atoms with Crippen LogP contribution >= 0.6 is 0 Å². The lowest BCUT2D eigenvalue weighted by Crippen LogP contribution is -2.53. The summed E-state index contributed by atoms with van der Waals surface area (Å²) in [6, 6.07) is 19.0. The first-order valence-corrected chi connectivity index (χ1v) is 15.2. The number of nitrogens with one attached hydrogen (secondary N) is 3. The van der Waals surface area contributed by atoms with E-state index in [1.54, 1.807) is 20.8 Å². The lowest BCUT2D eigenvalue weighted by atomic mass is 9.98. The van der Waals surface area contributed by atoms with Crippen LogP contribution in [-0.4, -0.2) is 59.8 Å². The summed E-state index contributed by atoms with van der Waals surface area (Å²) < 4.78 is 10.9. The third kappa shape index (κ3) is 9.52. The van der Waals surface area contributed by atoms with E-state index in [0.29, 0.717) is 5.56 Å². The second-order valence-electron chi connectivity index (χ2n) is 12.2. The summed E-state index contributed by atoms with van der Waals surface area (Å²) in [7, 11) is 0. The van der Waals surface area contributed by atoms with E-state index in [0.717, 1.165) is 22.3 Å². The molecule has 4 rings (SSSR count). The molecule has 0 saturated carbocycles. The van der Waals surface area contributed by atoms with Crippen molar-refractivity contribution in [2.75, 3.05) is 13.2 Å². The van der Waals surface area contributed by atoms with E-state index in [1.807, 2.05) is 48.5 Å². The van der Waals surface area contributed by atoms with Crippen LogP contribution in [0.4, 0.5) is 15.3 Å². The molecule has 0 spiro atoms. The molecule has 5 N–H and O–H groups in total. The molecule has 47 heavy (non-hydrogen) atoms. The number of rotatable bonds is 13. The number of nitrogens with two attached hydrogens (primary N) is 1. The minimum Gasteiger partial charge on any atom is -0.449 e. The molecular formula is C34H39N5O8. The molecule has 1 aliphatic rings. The molecule has 0 aromatic heterocycles. The van der Waals surface area contributed by atoms with Crippen molar-refractivity contribution in [1.29, 1.82) is 0 Å². The quantitative estimate of drug-likeness (QED) is 0.120. The first-order valence-electron chi connectivity index (χ1n) is 15.2. The number of carbonyl (C=O) groups excluding carboxylic acids is 4. The van der Waals surface area contributed by atoms with Crippen molar-refractivity contribution < 1.29 is 33.6 Å². The van der Waals surface area contributed by atoms with Gasteiger partial charge in [0.05, 0.1) is 4.92 Å². The number of primary amides is 1. The van der Waals surface area contributed by atoms with E-state index in [9.17, 15) is 29.3 Å². The fourth-order valence-corrected chi connectivity index (χ4v) is 5.35. The highest BCUT2D eigenvalue weighted by Gasteiger charge is 2.31. The molecule has 3 aromatic carbocycles. The van der Waals surface area contributed by atoms with Gasteiger partial charge in [-0.1, -0.05) is 60.7 Å². The summed E-state index contributed by atoms with van der Waals surface area (Å²) in [5.74, 6) is -1.72. The maximum absolute atomic E-state index is 13.4. The van der Waals surface area contributed by atoms with Gasteiger partial charge >= 0.3 is 12.2 Å². The van der Waals surface area contributed by atoms with Crippen LogP contribution in [0.5, 0.6) is 0 Å². The Bertz CT molecular complexity index is 1570. The summed E-state index contributed by atoms with van der Waals surface area (Å²) in [5.41, 5.74) is 9.48. The average molecular weight is 646 g/mol. The topological polar surface area (TPSA) is 192 Å². The van der Waals surface area contributed by atoms with Gasteiger partial charge in [0, 0.05) is 31.0 Å². The van der Waals surface area contributed by atoms with Crippen molar-refractivity contribution in [1.82, 2.24) is 16.0 Å². The number of nitro groups is 1. The van der Waals surface area contributed by atoms with Crippen molar-refractivity contribution >= 4 is 29.7 Å². The second kappa shape index (κ2) is 15.2. The molecule has 13 heteroatoms. The molecule has 0 unspecified atom stereocenters. The molecule has 248 valence electrons. The van der Waals surface area contributed by atoms with Gasteiger partial charge in [0.1, 0.15) is 24.3 Å². The van der Waals surface area contributed by atoms with Crippen LogP contribution in [0.1, 0.15) is 56.2 Å². The van der Waals surface area contributed by atoms with Gasteiger partial charge in [-0.05, 0) is 61.4 Å². The summed E-state index contributed by atoms with van der Waals surface area (Å²) in [5, 5.41) is 18.8. The minimum absolute atomic E-state index is 0.0262. The van der Waals surface area contributed by atoms with Crippen LogP contribution in [0.2, 0.25) is 0 Å². The molecule has 4 amide bonds. The Morgan fingerprint density at radius 2 is 1.47 bits per heavy atom. The minimum atomic E-state index is -1.17. The highest BCUT2D eigenvalue weighted by atomic mass is 16.6. The Hall–Kier alpha value is -5.46. The summed E-state index contributed by atoms with van der Waals surface area (Å²) in [6.45, 7) is 5.37. The van der Waals surface area contributed by atoms with Crippen molar-refractivity contribution in [2.24, 2.45) is 5.73 Å². The predicted molar refractivity (Wildman–Crippen MR) is 173 cm³/mol. The molecule has 0 fully saturated rings. The highest BCUT2D eigenvalue weighted by molar-refractivity contribution is 5.91. The Kier molecular flexibility index (Phi) is 11.1. The van der Waals surface area contributed by atoms with Crippen LogP contribution in [0, 0.1) is 10.1 Å². The van der Waals surface area contributed by atoms with Gasteiger partial charge < -0.3 is 31.2 Å². The first-order chi connectivity index (χ1) is 22.3. The number of fused-ring (bicyclic) bond motifs is 3. The molecular weight excluding hydrogens is 606 g/mol. The van der Waals surface area contributed by atoms with Crippen LogP contribution < -0.4 is 21.7 Å². The molecule has 0 saturated heterocycles. The zero-order chi connectivity index (χ0) is 34.1. The number of alkyl carbamates (subject to hydrolysis) is 2. The Morgan fingerprint density at radius 1 is 0.872 bits per heavy atom. The van der Waals surface area contributed by atoms with Crippen LogP contribution in [0.3, 0.4) is 0 Å². The van der Waals surface area contributed by atoms with Crippen LogP contribution in [-0.2, 0) is 25.5 Å². The molecule has 13 nitrogen and oxygen atoms in total. The molecule has 3 aromatic rings. The number of carbonyl (C=O) groups is 4. The van der Waals surface area contributed by atoms with Gasteiger partial charge in [-0.2, -0.15) is 0 Å². The number of non-ortho nitro benzene ring substituents is 1. The normalized spacial score (nSPS) is 13.3. The SMILES string of the molecule is CC(C)(C)OC(=O)NCCC[C@H](NC(=O)OCC1c2ccccc2-c2ccccc21)C(=O)N[C@@H](Cc1ccc([N+](=O)[O-])cc1)C(N)=O. The molecule has 0 heterocycles. The van der Waals surface area contributed by atoms with Gasteiger partial charge in [0.25, 0.3) is 5.69 Å². The van der Waals surface area contributed by atoms with Gasteiger partial charge in [-0.25, -0.2) is 9.59 Å². The number of hydrogen-bond donors (Lipinski definition) is 4. The summed E-state index contributed by atoms with van der Waals surface area (Å²) >= 11 is 0. The predicted octanol–water partition coefficient (Wildman–Crippen LogP) is 4.32. The van der Waals surface area contributed by atoms with E-state index >= 15 is 0 Å². The van der Waals surface area contributed by atoms with Crippen molar-refractivity contribution in [3.63, 3.8) is 0 Å². The fraction of sp³-hybridized carbons (Fsp3) is 0.353. The standard InChI is InChI=1S/C34H39N5O8/c1-34(2,3)47-32(42)36-18-8-13-28(31(41)37-29(30(35)40)19-21-14-16-22(17-15-21)39(44)45)38-33(43)46-20-27-25-11-6-4-9-23(25)24-10-5-7-12-26(24)27/h4-7,9-12,14-17,27-29H,8,13,18-20H2,1-3H3,(H2,35,40)(H,36,42)(H,37,41)(H,38,43)/t28-,29-/m0/s1. The van der Waals surface area contributed by atoms with Gasteiger partial charge in [0.15, 0.2) is 0 Å². The fourth-order valence-electron chi connectivity index (χ4n) is 5.35. The number of nitro benzene ring substituents is 1. The van der Waals surface area contributed by atoms with E-state index in [1.165, 1.54) is 24.3 Å². The third-order valence-electron chi connectivity index (χ3n) is 7.54. The molecule has 0 bridgehead atoms. The maximum atomic E-state index is 13.4. The van der Waals surface area contributed by atoms with Gasteiger partial charge in [-0.3, -0.25) is 19.7 Å². The van der Waals surface area contributed by atoms with Crippen molar-refractivity contribution in [3.05, 3.63) is 99.6 Å². The number of nitrogens with zero attached hydrogens (tertiary/aromatic N) is 1. The molecule has 1 aliphatic carbocycles. The van der Waals surface area contributed by atoms with Crippen molar-refractivity contribution in [3.8, 4) is 11.1 Å². The maximum Gasteiger partial charge on any atom is 0.407 e. The molecule has 2 atom stereocenters. The second-order valence-corrected chi connectivity index (χ2v) is 12.2. The lowest BCUT2D eigenvalue weighted by Gasteiger charge is -2.23. The zero-order valence-corrected chi connectivity index (χ0v) is 26.5. The third-order valence-corrected chi connectivity index (χ3v) is 7.54. The summed E-state index contributed by atoms with van der Waals surface area (Å²) in [4.78, 5) is 61.3. The van der Waals surface area contributed by atoms with E-state index < -0.39 is 46.6 Å². The number of ether oxygens (including phenoxy) is 2. The van der Waals surface area contributed by atoms with Gasteiger partial charge in [0.2, 0.25) is 11.8 Å². The Morgan fingerprint density at radius 3 is 2.02 bits per heavy atom. The summed E-state index contributed by atoms with van der Waals surface area (Å²) in [6.07, 6.45) is -1.14. The molecule has 0 aliphatic heterocycles. The van der Waals surface area contributed by atoms with E-state index in [2.05, 4.69) is 16.0 Å². The van der Waals surface area contributed by atoms with E-state index in [4.69, 9.17) is 15.2 Å². The zero-order valence-electron chi connectivity index (χ0n) is 26.5. The van der Waals surface area contributed by atoms with Crippen molar-refractivity contribution in [2.45, 2.75) is 63.6 Å². The number of amides is 4. The largest absolute Gasteiger partial charge is 0.449 e. The smallest absolute Gasteiger partial charge is 0.407 e. The van der Waals surface area contributed by atoms with Gasteiger partial charge in [-0.15, -0.1) is 0 Å². The monoisotopic (exact) mass is 645 g/mol. The molecule has 0 radical (unpaired) electrons. The first kappa shape index (κ1) is 34.4. The van der Waals surface area contributed by atoms with Crippen LogP contribution in [0.25, 0.3) is 11.1 Å².